The molecule has 2 rings (SSSR count). The fourth-order valence-corrected chi connectivity index (χ4v) is 2.86. The molecule has 2 N–H and O–H groups in total. The maximum Gasteiger partial charge on any atom is 0.305 e. The zero-order valence-corrected chi connectivity index (χ0v) is 11.9. The number of carboxylic acid groups (broad SMARTS) is 1. The number of amides is 1. The molecular weight excluding hydrogens is 275 g/mol. The Morgan fingerprint density at radius 3 is 2.86 bits per heavy atom. The third-order valence-corrected chi connectivity index (χ3v) is 3.79. The van der Waals surface area contributed by atoms with E-state index in [1.165, 1.54) is 6.07 Å². The molecule has 0 bridgehead atoms. The summed E-state index contributed by atoms with van der Waals surface area (Å²) in [7, 11) is 0. The van der Waals surface area contributed by atoms with Crippen LogP contribution in [0.15, 0.2) is 24.3 Å². The standard InChI is InChI=1S/C15H19FN2O3/c1-2-12(10-5-3-4-6-11(10)16)18-8-7-17-15(21)13(18)9-14(19)20/h3-6,12-13H,2,7-9H2,1H3,(H,17,21)(H,19,20). The predicted octanol–water partition coefficient (Wildman–Crippen LogP) is 1.55. The number of halogens is 1. The lowest BCUT2D eigenvalue weighted by atomic mass is 9.97. The summed E-state index contributed by atoms with van der Waals surface area (Å²) >= 11 is 0. The number of benzene rings is 1. The van der Waals surface area contributed by atoms with Gasteiger partial charge in [-0.05, 0) is 12.5 Å². The van der Waals surface area contributed by atoms with Crippen LogP contribution in [0, 0.1) is 5.82 Å². The second-order valence-corrected chi connectivity index (χ2v) is 5.09. The van der Waals surface area contributed by atoms with E-state index in [1.807, 2.05) is 6.92 Å². The van der Waals surface area contributed by atoms with E-state index in [1.54, 1.807) is 23.1 Å². The summed E-state index contributed by atoms with van der Waals surface area (Å²) in [6, 6.07) is 5.37. The number of carboxylic acids is 1. The van der Waals surface area contributed by atoms with Crippen molar-refractivity contribution in [2.24, 2.45) is 0 Å². The number of nitrogens with zero attached hydrogens (tertiary/aromatic N) is 1. The van der Waals surface area contributed by atoms with E-state index in [-0.39, 0.29) is 24.2 Å². The SMILES string of the molecule is CCC(c1ccccc1F)N1CCNC(=O)C1CC(=O)O. The first kappa shape index (κ1) is 15.4. The number of carbonyl (C=O) groups is 2. The normalized spacial score (nSPS) is 20.9. The Bertz CT molecular complexity index is 535. The van der Waals surface area contributed by atoms with Crippen molar-refractivity contribution in [2.45, 2.75) is 31.8 Å². The topological polar surface area (TPSA) is 69.6 Å². The third kappa shape index (κ3) is 3.39. The summed E-state index contributed by atoms with van der Waals surface area (Å²) in [6.07, 6.45) is 0.321. The molecule has 0 aromatic heterocycles. The van der Waals surface area contributed by atoms with E-state index < -0.39 is 12.0 Å². The summed E-state index contributed by atoms with van der Waals surface area (Å²) in [5.74, 6) is -1.67. The van der Waals surface area contributed by atoms with Gasteiger partial charge < -0.3 is 10.4 Å². The first-order valence-electron chi connectivity index (χ1n) is 7.04. The Morgan fingerprint density at radius 1 is 1.52 bits per heavy atom. The molecule has 0 spiro atoms. The molecule has 1 aliphatic heterocycles. The lowest BCUT2D eigenvalue weighted by Crippen LogP contribution is -2.56. The molecule has 1 saturated heterocycles. The van der Waals surface area contributed by atoms with E-state index in [2.05, 4.69) is 5.32 Å². The summed E-state index contributed by atoms with van der Waals surface area (Å²) in [6.45, 7) is 2.86. The second-order valence-electron chi connectivity index (χ2n) is 5.09. The number of aliphatic carboxylic acids is 1. The fraction of sp³-hybridized carbons (Fsp3) is 0.467. The summed E-state index contributed by atoms with van der Waals surface area (Å²) in [5.41, 5.74) is 0.505. The molecule has 1 fully saturated rings. The quantitative estimate of drug-likeness (QED) is 0.864. The number of rotatable bonds is 5. The van der Waals surface area contributed by atoms with Crippen LogP contribution >= 0.6 is 0 Å². The molecule has 6 heteroatoms. The molecule has 1 aliphatic rings. The van der Waals surface area contributed by atoms with Gasteiger partial charge in [-0.2, -0.15) is 0 Å². The highest BCUT2D eigenvalue weighted by atomic mass is 19.1. The van der Waals surface area contributed by atoms with E-state index in [0.717, 1.165) is 0 Å². The van der Waals surface area contributed by atoms with Gasteiger partial charge in [-0.3, -0.25) is 14.5 Å². The Hall–Kier alpha value is -1.95. The Balaban J connectivity index is 2.32. The van der Waals surface area contributed by atoms with E-state index in [0.29, 0.717) is 25.1 Å². The predicted molar refractivity (Wildman–Crippen MR) is 75.2 cm³/mol. The lowest BCUT2D eigenvalue weighted by molar-refractivity contribution is -0.144. The molecule has 1 heterocycles. The van der Waals surface area contributed by atoms with Crippen molar-refractivity contribution in [1.82, 2.24) is 10.2 Å². The van der Waals surface area contributed by atoms with Gasteiger partial charge in [-0.15, -0.1) is 0 Å². The lowest BCUT2D eigenvalue weighted by Gasteiger charge is -2.40. The highest BCUT2D eigenvalue weighted by Gasteiger charge is 2.36. The molecule has 2 unspecified atom stereocenters. The van der Waals surface area contributed by atoms with Crippen LogP contribution in [0.5, 0.6) is 0 Å². The molecule has 0 saturated carbocycles. The van der Waals surface area contributed by atoms with Gasteiger partial charge in [0, 0.05) is 24.7 Å². The molecule has 21 heavy (non-hydrogen) atoms. The van der Waals surface area contributed by atoms with Crippen LogP contribution in [0.4, 0.5) is 4.39 Å². The summed E-state index contributed by atoms with van der Waals surface area (Å²) in [5, 5.41) is 11.7. The Morgan fingerprint density at radius 2 is 2.24 bits per heavy atom. The first-order valence-corrected chi connectivity index (χ1v) is 7.04. The van der Waals surface area contributed by atoms with Gasteiger partial charge in [0.15, 0.2) is 0 Å². The van der Waals surface area contributed by atoms with Crippen LogP contribution in [-0.4, -0.2) is 41.0 Å². The van der Waals surface area contributed by atoms with E-state index in [4.69, 9.17) is 5.11 Å². The average molecular weight is 294 g/mol. The van der Waals surface area contributed by atoms with Gasteiger partial charge in [0.25, 0.3) is 0 Å². The van der Waals surface area contributed by atoms with Gasteiger partial charge in [0.05, 0.1) is 6.42 Å². The summed E-state index contributed by atoms with van der Waals surface area (Å²) < 4.78 is 14.0. The largest absolute Gasteiger partial charge is 0.481 e. The van der Waals surface area contributed by atoms with Crippen molar-refractivity contribution < 1.29 is 19.1 Å². The van der Waals surface area contributed by atoms with Gasteiger partial charge in [0.2, 0.25) is 5.91 Å². The fourth-order valence-electron chi connectivity index (χ4n) is 2.86. The summed E-state index contributed by atoms with van der Waals surface area (Å²) in [4.78, 5) is 24.8. The van der Waals surface area contributed by atoms with Crippen LogP contribution in [-0.2, 0) is 9.59 Å². The Labute approximate surface area is 122 Å². The second kappa shape index (κ2) is 6.67. The first-order chi connectivity index (χ1) is 10.0. The highest BCUT2D eigenvalue weighted by molar-refractivity contribution is 5.86. The zero-order chi connectivity index (χ0) is 15.4. The molecule has 1 aromatic rings. The molecular formula is C15H19FN2O3. The molecule has 1 aromatic carbocycles. The smallest absolute Gasteiger partial charge is 0.305 e. The van der Waals surface area contributed by atoms with Gasteiger partial charge in [-0.25, -0.2) is 4.39 Å². The molecule has 0 radical (unpaired) electrons. The molecule has 0 aliphatic carbocycles. The minimum atomic E-state index is -1.04. The monoisotopic (exact) mass is 294 g/mol. The zero-order valence-electron chi connectivity index (χ0n) is 11.9. The molecule has 2 atom stereocenters. The van der Waals surface area contributed by atoms with Crippen molar-refractivity contribution in [3.63, 3.8) is 0 Å². The van der Waals surface area contributed by atoms with Crippen molar-refractivity contribution >= 4 is 11.9 Å². The number of hydrogen-bond donors (Lipinski definition) is 2. The van der Waals surface area contributed by atoms with Crippen LogP contribution in [0.25, 0.3) is 0 Å². The van der Waals surface area contributed by atoms with Crippen LogP contribution < -0.4 is 5.32 Å². The highest BCUT2D eigenvalue weighted by Crippen LogP contribution is 2.30. The van der Waals surface area contributed by atoms with Crippen molar-refractivity contribution in [1.29, 1.82) is 0 Å². The van der Waals surface area contributed by atoms with Gasteiger partial charge in [-0.1, -0.05) is 25.1 Å². The molecule has 1 amide bonds. The minimum Gasteiger partial charge on any atom is -0.481 e. The van der Waals surface area contributed by atoms with Crippen molar-refractivity contribution in [3.8, 4) is 0 Å². The van der Waals surface area contributed by atoms with Gasteiger partial charge in [0.1, 0.15) is 11.9 Å². The molecule has 114 valence electrons. The van der Waals surface area contributed by atoms with Crippen molar-refractivity contribution in [3.05, 3.63) is 35.6 Å². The maximum atomic E-state index is 14.0. The van der Waals surface area contributed by atoms with Crippen LogP contribution in [0.1, 0.15) is 31.4 Å². The molecule has 5 nitrogen and oxygen atoms in total. The van der Waals surface area contributed by atoms with Crippen LogP contribution in [0.3, 0.4) is 0 Å². The number of carbonyl (C=O) groups excluding carboxylic acids is 1. The van der Waals surface area contributed by atoms with E-state index in [9.17, 15) is 14.0 Å². The van der Waals surface area contributed by atoms with E-state index >= 15 is 0 Å². The number of nitrogens with one attached hydrogen (secondary N) is 1. The van der Waals surface area contributed by atoms with Crippen molar-refractivity contribution in [2.75, 3.05) is 13.1 Å². The Kier molecular flexibility index (Phi) is 4.90. The third-order valence-electron chi connectivity index (χ3n) is 3.79. The maximum absolute atomic E-state index is 14.0. The average Bonchev–Trinajstić information content (AvgIpc) is 2.44. The van der Waals surface area contributed by atoms with Gasteiger partial charge >= 0.3 is 5.97 Å². The van der Waals surface area contributed by atoms with Crippen LogP contribution in [0.2, 0.25) is 0 Å². The minimum absolute atomic E-state index is 0.281. The number of hydrogen-bond acceptors (Lipinski definition) is 3. The number of piperazine rings is 1.